The van der Waals surface area contributed by atoms with E-state index in [1.807, 2.05) is 78.9 Å². The van der Waals surface area contributed by atoms with Crippen LogP contribution in [0.15, 0.2) is 91.0 Å². The highest BCUT2D eigenvalue weighted by Gasteiger charge is 2.43. The van der Waals surface area contributed by atoms with Gasteiger partial charge in [-0.2, -0.15) is 0 Å². The molecule has 1 atom stereocenters. The van der Waals surface area contributed by atoms with Gasteiger partial charge >= 0.3 is 0 Å². The van der Waals surface area contributed by atoms with Gasteiger partial charge in [0.05, 0.1) is 4.92 Å². The second-order valence-corrected chi connectivity index (χ2v) is 7.81. The first-order chi connectivity index (χ1) is 15.6. The number of fused-ring (bicyclic) bond motifs is 4. The molecule has 32 heavy (non-hydrogen) atoms. The highest BCUT2D eigenvalue weighted by atomic mass is 16.7. The molecule has 154 valence electrons. The van der Waals surface area contributed by atoms with Crippen molar-refractivity contribution in [2.24, 2.45) is 0 Å². The summed E-state index contributed by atoms with van der Waals surface area (Å²) in [5.74, 6) is 0.295. The molecule has 5 heteroatoms. The highest BCUT2D eigenvalue weighted by Crippen LogP contribution is 2.47. The van der Waals surface area contributed by atoms with Crippen molar-refractivity contribution < 1.29 is 14.4 Å². The molecule has 2 aliphatic rings. The first kappa shape index (κ1) is 18.4. The van der Waals surface area contributed by atoms with E-state index in [1.54, 1.807) is 12.1 Å². The van der Waals surface area contributed by atoms with E-state index in [9.17, 15) is 10.1 Å². The Morgan fingerprint density at radius 3 is 2.44 bits per heavy atom. The number of nitro groups is 1. The number of benzene rings is 4. The van der Waals surface area contributed by atoms with Crippen LogP contribution in [0.5, 0.6) is 11.5 Å². The van der Waals surface area contributed by atoms with Crippen LogP contribution in [0, 0.1) is 10.1 Å². The van der Waals surface area contributed by atoms with Gasteiger partial charge in [-0.25, -0.2) is 0 Å². The Hall–Kier alpha value is -4.38. The molecule has 0 bridgehead atoms. The fourth-order valence-corrected chi connectivity index (χ4v) is 4.36. The van der Waals surface area contributed by atoms with E-state index in [2.05, 4.69) is 6.08 Å². The summed E-state index contributed by atoms with van der Waals surface area (Å²) in [5.41, 5.74) is 3.84. The highest BCUT2D eigenvalue weighted by molar-refractivity contribution is 5.97. The summed E-state index contributed by atoms with van der Waals surface area (Å²) in [6.45, 7) is 0. The molecule has 5 nitrogen and oxygen atoms in total. The molecular weight excluding hydrogens is 402 g/mol. The molecule has 2 heterocycles. The summed E-state index contributed by atoms with van der Waals surface area (Å²) in [6, 6.07) is 26.5. The number of nitrogens with zero attached hydrogens (tertiary/aromatic N) is 1. The van der Waals surface area contributed by atoms with E-state index in [1.165, 1.54) is 6.07 Å². The van der Waals surface area contributed by atoms with Crippen LogP contribution in [0.25, 0.3) is 28.5 Å². The normalized spacial score (nSPS) is 18.3. The molecule has 0 aliphatic carbocycles. The fourth-order valence-electron chi connectivity index (χ4n) is 4.36. The number of ether oxygens (including phenoxy) is 2. The second-order valence-electron chi connectivity index (χ2n) is 7.81. The summed E-state index contributed by atoms with van der Waals surface area (Å²) in [7, 11) is 0. The van der Waals surface area contributed by atoms with Gasteiger partial charge in [-0.15, -0.1) is 0 Å². The summed E-state index contributed by atoms with van der Waals surface area (Å²) >= 11 is 0. The molecule has 2 aliphatic heterocycles. The van der Waals surface area contributed by atoms with Crippen molar-refractivity contribution >= 4 is 34.2 Å². The molecule has 0 fully saturated rings. The van der Waals surface area contributed by atoms with Crippen molar-refractivity contribution in [2.45, 2.75) is 5.79 Å². The topological polar surface area (TPSA) is 61.6 Å². The molecule has 0 radical (unpaired) electrons. The van der Waals surface area contributed by atoms with Gasteiger partial charge in [-0.1, -0.05) is 54.6 Å². The van der Waals surface area contributed by atoms with Crippen molar-refractivity contribution in [1.29, 1.82) is 0 Å². The molecule has 4 aromatic rings. The molecule has 0 saturated heterocycles. The average Bonchev–Trinajstić information content (AvgIpc) is 2.83. The maximum absolute atomic E-state index is 11.2. The van der Waals surface area contributed by atoms with Crippen LogP contribution in [0.3, 0.4) is 0 Å². The number of para-hydroxylation sites is 1. The van der Waals surface area contributed by atoms with Crippen LogP contribution in [0.1, 0.15) is 16.7 Å². The predicted octanol–water partition coefficient (Wildman–Crippen LogP) is 6.48. The van der Waals surface area contributed by atoms with E-state index in [-0.39, 0.29) is 10.6 Å². The Balaban J connectivity index is 1.51. The Labute approximate surface area is 184 Å². The number of hydrogen-bond donors (Lipinski definition) is 0. The van der Waals surface area contributed by atoms with Gasteiger partial charge in [0.2, 0.25) is 0 Å². The molecular formula is C27H17NO4. The zero-order chi connectivity index (χ0) is 21.7. The van der Waals surface area contributed by atoms with E-state index in [4.69, 9.17) is 9.47 Å². The quantitative estimate of drug-likeness (QED) is 0.275. The minimum absolute atomic E-state index is 0.0659. The fraction of sp³-hybridized carbons (Fsp3) is 0.0370. The molecule has 0 saturated carbocycles. The molecule has 0 aromatic heterocycles. The number of nitro benzene ring substituents is 1. The van der Waals surface area contributed by atoms with Crippen molar-refractivity contribution in [3.05, 3.63) is 118 Å². The maximum atomic E-state index is 11.2. The van der Waals surface area contributed by atoms with Crippen LogP contribution in [-0.2, 0) is 0 Å². The van der Waals surface area contributed by atoms with Gasteiger partial charge in [-0.3, -0.25) is 10.1 Å². The van der Waals surface area contributed by atoms with Gasteiger partial charge in [0.1, 0.15) is 11.5 Å². The Bertz CT molecular complexity index is 1460. The third kappa shape index (κ3) is 2.79. The largest absolute Gasteiger partial charge is 0.444 e. The molecule has 0 amide bonds. The van der Waals surface area contributed by atoms with Crippen LogP contribution in [0.4, 0.5) is 5.69 Å². The molecule has 6 rings (SSSR count). The minimum Gasteiger partial charge on any atom is -0.444 e. The van der Waals surface area contributed by atoms with Crippen molar-refractivity contribution in [2.75, 3.05) is 0 Å². The first-order valence-corrected chi connectivity index (χ1v) is 10.3. The van der Waals surface area contributed by atoms with Gasteiger partial charge < -0.3 is 9.47 Å². The van der Waals surface area contributed by atoms with Crippen LogP contribution in [0.2, 0.25) is 0 Å². The lowest BCUT2D eigenvalue weighted by molar-refractivity contribution is -0.384. The summed E-state index contributed by atoms with van der Waals surface area (Å²) in [4.78, 5) is 10.8. The average molecular weight is 419 g/mol. The van der Waals surface area contributed by atoms with E-state index in [0.717, 1.165) is 38.8 Å². The Morgan fingerprint density at radius 2 is 1.59 bits per heavy atom. The predicted molar refractivity (Wildman–Crippen MR) is 124 cm³/mol. The standard InChI is InChI=1S/C27H17NO4/c29-28(30)21-11-12-22-19(16-21)10-13-26-23(22)14-15-27(32-26)24(18-6-2-1-3-7-18)17-20-8-4-5-9-25(20)31-27/h1-17H. The van der Waals surface area contributed by atoms with Crippen molar-refractivity contribution in [1.82, 2.24) is 0 Å². The van der Waals surface area contributed by atoms with Gasteiger partial charge in [-0.05, 0) is 46.7 Å². The summed E-state index contributed by atoms with van der Waals surface area (Å²) in [5, 5.41) is 12.8. The van der Waals surface area contributed by atoms with E-state index < -0.39 is 5.79 Å². The number of non-ortho nitro benzene ring substituents is 1. The molecule has 0 N–H and O–H groups in total. The zero-order valence-corrected chi connectivity index (χ0v) is 16.9. The minimum atomic E-state index is -1.11. The van der Waals surface area contributed by atoms with Gasteiger partial charge in [0.15, 0.2) is 0 Å². The van der Waals surface area contributed by atoms with E-state index >= 15 is 0 Å². The lowest BCUT2D eigenvalue weighted by Gasteiger charge is -2.39. The monoisotopic (exact) mass is 419 g/mol. The third-order valence-corrected chi connectivity index (χ3v) is 5.89. The lowest BCUT2D eigenvalue weighted by Crippen LogP contribution is -2.44. The Kier molecular flexibility index (Phi) is 3.92. The van der Waals surface area contributed by atoms with Crippen LogP contribution < -0.4 is 9.47 Å². The smallest absolute Gasteiger partial charge is 0.299 e. The lowest BCUT2D eigenvalue weighted by atomic mass is 9.89. The Morgan fingerprint density at radius 1 is 0.812 bits per heavy atom. The third-order valence-electron chi connectivity index (χ3n) is 5.89. The number of hydrogen-bond acceptors (Lipinski definition) is 4. The van der Waals surface area contributed by atoms with E-state index in [0.29, 0.717) is 5.75 Å². The van der Waals surface area contributed by atoms with Crippen molar-refractivity contribution in [3.8, 4) is 11.5 Å². The van der Waals surface area contributed by atoms with Gasteiger partial charge in [0.25, 0.3) is 11.5 Å². The second kappa shape index (κ2) is 6.82. The maximum Gasteiger partial charge on any atom is 0.299 e. The molecule has 1 unspecified atom stereocenters. The van der Waals surface area contributed by atoms with Crippen molar-refractivity contribution in [3.63, 3.8) is 0 Å². The summed E-state index contributed by atoms with van der Waals surface area (Å²) < 4.78 is 13.0. The SMILES string of the molecule is O=[N+]([O-])c1ccc2c3c(ccc2c1)OC1(C=C3)Oc2ccccc2C=C1c1ccccc1. The summed E-state index contributed by atoms with van der Waals surface area (Å²) in [6.07, 6.45) is 6.01. The number of rotatable bonds is 2. The molecule has 1 spiro atoms. The molecule has 4 aromatic carbocycles. The zero-order valence-electron chi connectivity index (χ0n) is 16.9. The first-order valence-electron chi connectivity index (χ1n) is 10.3. The van der Waals surface area contributed by atoms with Gasteiger partial charge in [0, 0.05) is 34.9 Å². The van der Waals surface area contributed by atoms with Crippen LogP contribution in [-0.4, -0.2) is 10.7 Å². The van der Waals surface area contributed by atoms with Crippen LogP contribution >= 0.6 is 0 Å².